The van der Waals surface area contributed by atoms with Gasteiger partial charge in [0.1, 0.15) is 0 Å². The number of nitrogens with one attached hydrogen (secondary N) is 2. The Hall–Kier alpha value is -1.59. The van der Waals surface area contributed by atoms with Crippen LogP contribution < -0.4 is 10.6 Å². The van der Waals surface area contributed by atoms with Gasteiger partial charge in [0.05, 0.1) is 0 Å². The van der Waals surface area contributed by atoms with Crippen molar-refractivity contribution in [1.82, 2.24) is 10.6 Å². The lowest BCUT2D eigenvalue weighted by Gasteiger charge is -2.21. The molecule has 2 aliphatic rings. The molecule has 3 atom stereocenters. The molecule has 3 N–H and O–H groups in total. The van der Waals surface area contributed by atoms with Crippen LogP contribution >= 0.6 is 0 Å². The summed E-state index contributed by atoms with van der Waals surface area (Å²) >= 11 is 0. The summed E-state index contributed by atoms with van der Waals surface area (Å²) in [6, 6.07) is -0.465. The highest BCUT2D eigenvalue weighted by Crippen LogP contribution is 2.47. The zero-order valence-electron chi connectivity index (χ0n) is 11.6. The van der Waals surface area contributed by atoms with Crippen molar-refractivity contribution in [3.05, 3.63) is 0 Å². The Bertz CT molecular complexity index is 397. The van der Waals surface area contributed by atoms with Crippen LogP contribution in [0.15, 0.2) is 0 Å². The molecule has 0 heterocycles. The number of hydrogen-bond acceptors (Lipinski definition) is 3. The van der Waals surface area contributed by atoms with Gasteiger partial charge in [-0.25, -0.2) is 4.79 Å². The molecule has 0 aromatic heterocycles. The molecule has 3 unspecified atom stereocenters. The van der Waals surface area contributed by atoms with Crippen LogP contribution in [0.25, 0.3) is 0 Å². The second-order valence-corrected chi connectivity index (χ2v) is 5.94. The van der Waals surface area contributed by atoms with E-state index in [1.807, 2.05) is 0 Å². The van der Waals surface area contributed by atoms with E-state index in [2.05, 4.69) is 10.6 Å². The molecule has 0 aromatic rings. The van der Waals surface area contributed by atoms with Crippen LogP contribution in [-0.4, -0.2) is 29.6 Å². The molecule has 0 aromatic carbocycles. The van der Waals surface area contributed by atoms with E-state index >= 15 is 0 Å². The van der Waals surface area contributed by atoms with Crippen molar-refractivity contribution in [2.24, 2.45) is 17.8 Å². The first kappa shape index (κ1) is 14.8. The summed E-state index contributed by atoms with van der Waals surface area (Å²) in [7, 11) is 0. The lowest BCUT2D eigenvalue weighted by atomic mass is 9.89. The first-order valence-electron chi connectivity index (χ1n) is 7.34. The normalized spacial score (nSPS) is 27.3. The zero-order chi connectivity index (χ0) is 14.5. The summed E-state index contributed by atoms with van der Waals surface area (Å²) in [6.07, 6.45) is 5.34. The Morgan fingerprint density at radius 2 is 1.90 bits per heavy atom. The van der Waals surface area contributed by atoms with Crippen LogP contribution in [0, 0.1) is 17.8 Å². The molecular weight excluding hydrogens is 260 g/mol. The number of carboxylic acid groups (broad SMARTS) is 1. The van der Waals surface area contributed by atoms with Gasteiger partial charge in [-0.2, -0.15) is 0 Å². The van der Waals surface area contributed by atoms with Crippen molar-refractivity contribution in [2.75, 3.05) is 6.54 Å². The Kier molecular flexibility index (Phi) is 4.98. The minimum atomic E-state index is -0.932. The van der Waals surface area contributed by atoms with Crippen molar-refractivity contribution in [3.8, 4) is 0 Å². The molecule has 2 fully saturated rings. The van der Waals surface area contributed by atoms with E-state index in [0.717, 1.165) is 11.8 Å². The number of hydrogen-bond donors (Lipinski definition) is 3. The largest absolute Gasteiger partial charge is 0.481 e. The molecule has 112 valence electrons. The van der Waals surface area contributed by atoms with E-state index in [4.69, 9.17) is 5.11 Å². The molecule has 2 aliphatic carbocycles. The lowest BCUT2D eigenvalue weighted by Crippen LogP contribution is -2.42. The lowest BCUT2D eigenvalue weighted by molar-refractivity contribution is -0.137. The number of carbonyl (C=O) groups is 3. The first-order chi connectivity index (χ1) is 9.54. The highest BCUT2D eigenvalue weighted by Gasteiger charge is 2.39. The number of urea groups is 1. The number of aliphatic carboxylic acids is 1. The molecule has 2 bridgehead atoms. The second kappa shape index (κ2) is 6.72. The molecule has 0 spiro atoms. The van der Waals surface area contributed by atoms with Crippen LogP contribution in [0.5, 0.6) is 0 Å². The third kappa shape index (κ3) is 4.21. The standard InChI is InChI=1S/C14H22N2O4/c17-12(2-1-3-13(18)19)16-14(20)15-8-11-7-9-4-5-10(11)6-9/h9-11H,1-8H2,(H,18,19)(H2,15,16,17,20). The van der Waals surface area contributed by atoms with E-state index in [1.54, 1.807) is 0 Å². The van der Waals surface area contributed by atoms with Crippen molar-refractivity contribution in [2.45, 2.75) is 44.9 Å². The molecule has 6 heteroatoms. The number of imide groups is 1. The SMILES string of the molecule is O=C(O)CCCC(=O)NC(=O)NCC1CC2CCC1C2. The van der Waals surface area contributed by atoms with E-state index in [0.29, 0.717) is 12.5 Å². The molecule has 0 radical (unpaired) electrons. The molecule has 0 aliphatic heterocycles. The third-order valence-corrected chi connectivity index (χ3v) is 4.46. The Morgan fingerprint density at radius 1 is 1.10 bits per heavy atom. The Balaban J connectivity index is 1.58. The number of rotatable bonds is 6. The van der Waals surface area contributed by atoms with Crippen molar-refractivity contribution < 1.29 is 19.5 Å². The number of carboxylic acids is 1. The van der Waals surface area contributed by atoms with Gasteiger partial charge in [0, 0.05) is 19.4 Å². The minimum Gasteiger partial charge on any atom is -0.481 e. The summed E-state index contributed by atoms with van der Waals surface area (Å²) in [5.74, 6) is 0.788. The van der Waals surface area contributed by atoms with Gasteiger partial charge in [-0.05, 0) is 43.4 Å². The molecule has 6 nitrogen and oxygen atoms in total. The molecule has 2 rings (SSSR count). The molecule has 2 saturated carbocycles. The molecule has 3 amide bonds. The van der Waals surface area contributed by atoms with Gasteiger partial charge < -0.3 is 10.4 Å². The third-order valence-electron chi connectivity index (χ3n) is 4.46. The fourth-order valence-electron chi connectivity index (χ4n) is 3.48. The number of amides is 3. The van der Waals surface area contributed by atoms with Crippen LogP contribution in [0.4, 0.5) is 4.79 Å². The number of fused-ring (bicyclic) bond motifs is 2. The van der Waals surface area contributed by atoms with Crippen LogP contribution in [-0.2, 0) is 9.59 Å². The topological polar surface area (TPSA) is 95.5 Å². The predicted octanol–water partition coefficient (Wildman–Crippen LogP) is 1.50. The summed E-state index contributed by atoms with van der Waals surface area (Å²) in [4.78, 5) is 33.3. The van der Waals surface area contributed by atoms with Crippen molar-refractivity contribution in [3.63, 3.8) is 0 Å². The molecule has 20 heavy (non-hydrogen) atoms. The van der Waals surface area contributed by atoms with Crippen molar-refractivity contribution >= 4 is 17.9 Å². The molecular formula is C14H22N2O4. The van der Waals surface area contributed by atoms with E-state index in [-0.39, 0.29) is 19.3 Å². The second-order valence-electron chi connectivity index (χ2n) is 5.94. The predicted molar refractivity (Wildman–Crippen MR) is 72.0 cm³/mol. The fourth-order valence-corrected chi connectivity index (χ4v) is 3.48. The average Bonchev–Trinajstić information content (AvgIpc) is 2.97. The maximum Gasteiger partial charge on any atom is 0.321 e. The van der Waals surface area contributed by atoms with Gasteiger partial charge in [-0.1, -0.05) is 6.42 Å². The fraction of sp³-hybridized carbons (Fsp3) is 0.786. The van der Waals surface area contributed by atoms with Crippen LogP contribution in [0.2, 0.25) is 0 Å². The average molecular weight is 282 g/mol. The van der Waals surface area contributed by atoms with E-state index in [1.165, 1.54) is 25.7 Å². The van der Waals surface area contributed by atoms with E-state index in [9.17, 15) is 14.4 Å². The Morgan fingerprint density at radius 3 is 2.50 bits per heavy atom. The van der Waals surface area contributed by atoms with Gasteiger partial charge in [0.25, 0.3) is 0 Å². The minimum absolute atomic E-state index is 0.0554. The zero-order valence-corrected chi connectivity index (χ0v) is 11.6. The van der Waals surface area contributed by atoms with Gasteiger partial charge >= 0.3 is 12.0 Å². The van der Waals surface area contributed by atoms with Gasteiger partial charge in [0.2, 0.25) is 5.91 Å². The number of carbonyl (C=O) groups excluding carboxylic acids is 2. The highest BCUT2D eigenvalue weighted by molar-refractivity contribution is 5.94. The van der Waals surface area contributed by atoms with Gasteiger partial charge in [-0.15, -0.1) is 0 Å². The quantitative estimate of drug-likeness (QED) is 0.688. The maximum absolute atomic E-state index is 11.6. The molecule has 0 saturated heterocycles. The summed E-state index contributed by atoms with van der Waals surface area (Å²) in [5, 5.41) is 13.4. The van der Waals surface area contributed by atoms with Crippen LogP contribution in [0.3, 0.4) is 0 Å². The monoisotopic (exact) mass is 282 g/mol. The van der Waals surface area contributed by atoms with Gasteiger partial charge in [-0.3, -0.25) is 14.9 Å². The summed E-state index contributed by atoms with van der Waals surface area (Å²) in [6.45, 7) is 0.634. The van der Waals surface area contributed by atoms with Crippen LogP contribution in [0.1, 0.15) is 44.9 Å². The summed E-state index contributed by atoms with van der Waals surface area (Å²) < 4.78 is 0. The highest BCUT2D eigenvalue weighted by atomic mass is 16.4. The van der Waals surface area contributed by atoms with E-state index < -0.39 is 17.9 Å². The maximum atomic E-state index is 11.6. The Labute approximate surface area is 118 Å². The van der Waals surface area contributed by atoms with Crippen molar-refractivity contribution in [1.29, 1.82) is 0 Å². The summed E-state index contributed by atoms with van der Waals surface area (Å²) in [5.41, 5.74) is 0. The van der Waals surface area contributed by atoms with Gasteiger partial charge in [0.15, 0.2) is 0 Å². The smallest absolute Gasteiger partial charge is 0.321 e. The first-order valence-corrected chi connectivity index (χ1v) is 7.34.